The summed E-state index contributed by atoms with van der Waals surface area (Å²) in [5.74, 6) is 0.858. The van der Waals surface area contributed by atoms with Crippen LogP contribution in [0.2, 0.25) is 0 Å². The number of anilines is 1. The van der Waals surface area contributed by atoms with Gasteiger partial charge < -0.3 is 15.4 Å². The minimum absolute atomic E-state index is 0.0456. The summed E-state index contributed by atoms with van der Waals surface area (Å²) in [7, 11) is 0. The molecule has 1 aromatic carbocycles. The van der Waals surface area contributed by atoms with Gasteiger partial charge in [0, 0.05) is 24.8 Å². The molecule has 0 bridgehead atoms. The molecule has 1 aromatic heterocycles. The Morgan fingerprint density at radius 2 is 1.96 bits per heavy atom. The predicted molar refractivity (Wildman–Crippen MR) is 109 cm³/mol. The number of hydrogen-bond acceptors (Lipinski definition) is 5. The van der Waals surface area contributed by atoms with Gasteiger partial charge >= 0.3 is 0 Å². The van der Waals surface area contributed by atoms with Crippen LogP contribution < -0.4 is 5.73 Å². The fraction of sp³-hybridized carbons (Fsp3) is 0.500. The van der Waals surface area contributed by atoms with Crippen LogP contribution in [0.3, 0.4) is 0 Å². The van der Waals surface area contributed by atoms with Crippen LogP contribution in [-0.2, 0) is 4.74 Å². The maximum Gasteiger partial charge on any atom is 0.257 e. The molecule has 2 heterocycles. The lowest BCUT2D eigenvalue weighted by atomic mass is 9.85. The van der Waals surface area contributed by atoms with Gasteiger partial charge in [0.05, 0.1) is 24.0 Å². The van der Waals surface area contributed by atoms with Crippen molar-refractivity contribution in [2.75, 3.05) is 25.4 Å². The Bertz CT molecular complexity index is 805. The van der Waals surface area contributed by atoms with Gasteiger partial charge in [-0.25, -0.2) is 9.97 Å². The van der Waals surface area contributed by atoms with E-state index in [0.717, 1.165) is 17.9 Å². The van der Waals surface area contributed by atoms with Crippen LogP contribution in [-0.4, -0.2) is 46.6 Å². The first-order valence-electron chi connectivity index (χ1n) is 10.3. The number of carbonyl (C=O) groups excluding carboxylic acids is 1. The molecule has 0 unspecified atom stereocenters. The van der Waals surface area contributed by atoms with E-state index >= 15 is 0 Å². The molecule has 1 amide bonds. The molecule has 0 radical (unpaired) electrons. The van der Waals surface area contributed by atoms with Crippen LogP contribution in [0.1, 0.15) is 48.9 Å². The fourth-order valence-corrected chi connectivity index (χ4v) is 4.38. The van der Waals surface area contributed by atoms with E-state index in [1.807, 2.05) is 35.2 Å². The van der Waals surface area contributed by atoms with E-state index in [2.05, 4.69) is 9.97 Å². The number of nitrogens with two attached hydrogens (primary N) is 1. The number of amides is 1. The Hall–Kier alpha value is -2.47. The van der Waals surface area contributed by atoms with E-state index in [9.17, 15) is 4.79 Å². The summed E-state index contributed by atoms with van der Waals surface area (Å²) in [6, 6.07) is 9.66. The molecular formula is C22H28N4O2. The van der Waals surface area contributed by atoms with Crippen molar-refractivity contribution in [1.29, 1.82) is 0 Å². The van der Waals surface area contributed by atoms with E-state index in [1.54, 1.807) is 6.20 Å². The molecule has 2 fully saturated rings. The zero-order valence-electron chi connectivity index (χ0n) is 16.2. The van der Waals surface area contributed by atoms with Crippen molar-refractivity contribution in [3.8, 4) is 11.3 Å². The van der Waals surface area contributed by atoms with Gasteiger partial charge in [0.2, 0.25) is 5.95 Å². The SMILES string of the molecule is Nc1ncc(C(=O)N2CCO[C@H](CC3CCCCC3)C2)c(-c2ccccc2)n1. The molecule has 1 aliphatic heterocycles. The van der Waals surface area contributed by atoms with Gasteiger partial charge in [-0.2, -0.15) is 0 Å². The summed E-state index contributed by atoms with van der Waals surface area (Å²) >= 11 is 0. The topological polar surface area (TPSA) is 81.3 Å². The first kappa shape index (κ1) is 18.9. The van der Waals surface area contributed by atoms with E-state index < -0.39 is 0 Å². The van der Waals surface area contributed by atoms with E-state index in [1.165, 1.54) is 32.1 Å². The zero-order valence-corrected chi connectivity index (χ0v) is 16.2. The Labute approximate surface area is 166 Å². The first-order chi connectivity index (χ1) is 13.7. The molecule has 28 heavy (non-hydrogen) atoms. The monoisotopic (exact) mass is 380 g/mol. The third-order valence-corrected chi connectivity index (χ3v) is 5.83. The van der Waals surface area contributed by atoms with Crippen molar-refractivity contribution >= 4 is 11.9 Å². The zero-order chi connectivity index (χ0) is 19.3. The number of hydrogen-bond donors (Lipinski definition) is 1. The molecule has 2 N–H and O–H groups in total. The van der Waals surface area contributed by atoms with E-state index in [0.29, 0.717) is 31.0 Å². The van der Waals surface area contributed by atoms with E-state index in [4.69, 9.17) is 10.5 Å². The first-order valence-corrected chi connectivity index (χ1v) is 10.3. The number of benzene rings is 1. The Morgan fingerprint density at radius 1 is 1.18 bits per heavy atom. The second kappa shape index (κ2) is 8.69. The molecule has 4 rings (SSSR count). The fourth-order valence-electron chi connectivity index (χ4n) is 4.38. The number of ether oxygens (including phenoxy) is 1. The lowest BCUT2D eigenvalue weighted by molar-refractivity contribution is -0.0337. The van der Waals surface area contributed by atoms with Crippen molar-refractivity contribution in [2.24, 2.45) is 5.92 Å². The molecule has 148 valence electrons. The van der Waals surface area contributed by atoms with Crippen LogP contribution in [0.5, 0.6) is 0 Å². The maximum atomic E-state index is 13.3. The van der Waals surface area contributed by atoms with Crippen LogP contribution in [0.4, 0.5) is 5.95 Å². The summed E-state index contributed by atoms with van der Waals surface area (Å²) in [4.78, 5) is 23.6. The Morgan fingerprint density at radius 3 is 2.75 bits per heavy atom. The average molecular weight is 380 g/mol. The molecular weight excluding hydrogens is 352 g/mol. The summed E-state index contributed by atoms with van der Waals surface area (Å²) in [5, 5.41) is 0. The van der Waals surface area contributed by atoms with Crippen molar-refractivity contribution in [3.63, 3.8) is 0 Å². The highest BCUT2D eigenvalue weighted by Crippen LogP contribution is 2.29. The quantitative estimate of drug-likeness (QED) is 0.877. The highest BCUT2D eigenvalue weighted by Gasteiger charge is 2.29. The second-order valence-corrected chi connectivity index (χ2v) is 7.84. The lowest BCUT2D eigenvalue weighted by Crippen LogP contribution is -2.46. The van der Waals surface area contributed by atoms with Crippen LogP contribution >= 0.6 is 0 Å². The average Bonchev–Trinajstić information content (AvgIpc) is 2.75. The van der Waals surface area contributed by atoms with E-state index in [-0.39, 0.29) is 18.0 Å². The number of morpholine rings is 1. The van der Waals surface area contributed by atoms with Gasteiger partial charge in [0.15, 0.2) is 0 Å². The number of rotatable bonds is 4. The third kappa shape index (κ3) is 4.33. The van der Waals surface area contributed by atoms with Gasteiger partial charge in [-0.15, -0.1) is 0 Å². The van der Waals surface area contributed by atoms with Crippen LogP contribution in [0, 0.1) is 5.92 Å². The summed E-state index contributed by atoms with van der Waals surface area (Å²) < 4.78 is 5.99. The number of nitrogens with zero attached hydrogens (tertiary/aromatic N) is 3. The minimum atomic E-state index is -0.0456. The number of nitrogen functional groups attached to an aromatic ring is 1. The van der Waals surface area contributed by atoms with Gasteiger partial charge in [0.25, 0.3) is 5.91 Å². The minimum Gasteiger partial charge on any atom is -0.375 e. The summed E-state index contributed by atoms with van der Waals surface area (Å²) in [5.41, 5.74) is 7.76. The molecule has 1 saturated carbocycles. The highest BCUT2D eigenvalue weighted by atomic mass is 16.5. The van der Waals surface area contributed by atoms with Gasteiger partial charge in [-0.1, -0.05) is 62.4 Å². The molecule has 1 aliphatic carbocycles. The molecule has 2 aliphatic rings. The molecule has 1 saturated heterocycles. The lowest BCUT2D eigenvalue weighted by Gasteiger charge is -2.35. The number of aromatic nitrogens is 2. The normalized spacial score (nSPS) is 20.9. The standard InChI is InChI=1S/C22H28N4O2/c23-22-24-14-19(20(25-22)17-9-5-2-6-10-17)21(27)26-11-12-28-18(15-26)13-16-7-3-1-4-8-16/h2,5-6,9-10,14,16,18H,1,3-4,7-8,11-13,15H2,(H2,23,24,25)/t18-/m1/s1. The van der Waals surface area contributed by atoms with Gasteiger partial charge in [-0.3, -0.25) is 4.79 Å². The Kier molecular flexibility index (Phi) is 5.86. The maximum absolute atomic E-state index is 13.3. The van der Waals surface area contributed by atoms with Crippen LogP contribution in [0.25, 0.3) is 11.3 Å². The van der Waals surface area contributed by atoms with Crippen LogP contribution in [0.15, 0.2) is 36.5 Å². The third-order valence-electron chi connectivity index (χ3n) is 5.83. The molecule has 0 spiro atoms. The number of carbonyl (C=O) groups is 1. The predicted octanol–water partition coefficient (Wildman–Crippen LogP) is 3.54. The van der Waals surface area contributed by atoms with Gasteiger partial charge in [-0.05, 0) is 12.3 Å². The highest BCUT2D eigenvalue weighted by molar-refractivity contribution is 5.99. The van der Waals surface area contributed by atoms with Crippen molar-refractivity contribution < 1.29 is 9.53 Å². The van der Waals surface area contributed by atoms with Crippen molar-refractivity contribution in [3.05, 3.63) is 42.1 Å². The molecule has 6 heteroatoms. The van der Waals surface area contributed by atoms with Gasteiger partial charge in [0.1, 0.15) is 0 Å². The van der Waals surface area contributed by atoms with Crippen molar-refractivity contribution in [1.82, 2.24) is 14.9 Å². The molecule has 2 aromatic rings. The summed E-state index contributed by atoms with van der Waals surface area (Å²) in [6.07, 6.45) is 9.30. The largest absolute Gasteiger partial charge is 0.375 e. The molecule has 6 nitrogen and oxygen atoms in total. The Balaban J connectivity index is 1.51. The van der Waals surface area contributed by atoms with Crippen molar-refractivity contribution in [2.45, 2.75) is 44.6 Å². The summed E-state index contributed by atoms with van der Waals surface area (Å²) in [6.45, 7) is 1.81. The molecule has 1 atom stereocenters. The smallest absolute Gasteiger partial charge is 0.257 e. The second-order valence-electron chi connectivity index (χ2n) is 7.84.